The number of rotatable bonds is 14. The molecule has 1 aromatic carbocycles. The fourth-order valence-corrected chi connectivity index (χ4v) is 3.06. The third-order valence-corrected chi connectivity index (χ3v) is 4.54. The second-order valence-electron chi connectivity index (χ2n) is 6.84. The van der Waals surface area contributed by atoms with Gasteiger partial charge in [-0.25, -0.2) is 0 Å². The normalized spacial score (nSPS) is 14.0. The number of imide groups is 1. The van der Waals surface area contributed by atoms with Crippen molar-refractivity contribution < 1.29 is 28.7 Å². The van der Waals surface area contributed by atoms with Crippen molar-refractivity contribution in [3.8, 4) is 0 Å². The molecule has 0 spiro atoms. The van der Waals surface area contributed by atoms with Crippen LogP contribution >= 0.6 is 0 Å². The summed E-state index contributed by atoms with van der Waals surface area (Å²) in [6, 6.07) is 3.60. The molecule has 1 aliphatic rings. The van der Waals surface area contributed by atoms with E-state index in [1.165, 1.54) is 13.0 Å². The summed E-state index contributed by atoms with van der Waals surface area (Å²) >= 11 is 0. The molecule has 1 heterocycles. The molecule has 0 fully saturated rings. The quantitative estimate of drug-likeness (QED) is 0.279. The highest BCUT2D eigenvalue weighted by atomic mass is 16.5. The zero-order chi connectivity index (χ0) is 22.1. The number of hydrogen-bond donors (Lipinski definition) is 3. The van der Waals surface area contributed by atoms with Crippen molar-refractivity contribution in [2.24, 2.45) is 11.5 Å². The number of Topliss-reactive ketones (excluding diaryl/α,β-unsaturated/α-hetero) is 1. The number of carbonyl (C=O) groups excluding carboxylic acids is 4. The van der Waals surface area contributed by atoms with E-state index in [0.717, 1.165) is 4.90 Å². The van der Waals surface area contributed by atoms with Crippen molar-refractivity contribution in [1.29, 1.82) is 0 Å². The summed E-state index contributed by atoms with van der Waals surface area (Å²) in [5.41, 5.74) is 11.7. The van der Waals surface area contributed by atoms with Crippen LogP contribution in [-0.4, -0.2) is 74.0 Å². The molecule has 0 aliphatic carbocycles. The largest absolute Gasteiger partial charge is 0.383 e. The number of nitrogens with one attached hydrogen (secondary N) is 1. The first-order valence-corrected chi connectivity index (χ1v) is 9.77. The summed E-state index contributed by atoms with van der Waals surface area (Å²) < 4.78 is 10.6. The minimum atomic E-state index is -1.16. The lowest BCUT2D eigenvalue weighted by Gasteiger charge is -2.22. The van der Waals surface area contributed by atoms with Crippen LogP contribution in [0.1, 0.15) is 40.5 Å². The first-order valence-electron chi connectivity index (χ1n) is 9.77. The monoisotopic (exact) mass is 420 g/mol. The second-order valence-corrected chi connectivity index (χ2v) is 6.84. The number of carbonyl (C=O) groups is 4. The summed E-state index contributed by atoms with van der Waals surface area (Å²) in [4.78, 5) is 49.4. The van der Waals surface area contributed by atoms with Gasteiger partial charge in [0.1, 0.15) is 11.8 Å². The van der Waals surface area contributed by atoms with Crippen LogP contribution in [0.15, 0.2) is 18.2 Å². The van der Waals surface area contributed by atoms with Gasteiger partial charge in [-0.2, -0.15) is 0 Å². The predicted molar refractivity (Wildman–Crippen MR) is 109 cm³/mol. The number of nitrogens with zero attached hydrogens (tertiary/aromatic N) is 1. The number of ketones is 1. The molecule has 1 aliphatic heterocycles. The molecule has 0 saturated heterocycles. The van der Waals surface area contributed by atoms with E-state index in [0.29, 0.717) is 45.2 Å². The Bertz CT molecular complexity index is 798. The molecular weight excluding hydrogens is 392 g/mol. The molecule has 10 heteroatoms. The van der Waals surface area contributed by atoms with Crippen LogP contribution in [0.25, 0.3) is 0 Å². The van der Waals surface area contributed by atoms with Gasteiger partial charge in [0, 0.05) is 25.2 Å². The second kappa shape index (κ2) is 11.4. The van der Waals surface area contributed by atoms with Crippen LogP contribution in [0.5, 0.6) is 0 Å². The summed E-state index contributed by atoms with van der Waals surface area (Å²) in [5.74, 6) is -2.16. The molecule has 3 amide bonds. The zero-order valence-electron chi connectivity index (χ0n) is 17.0. The van der Waals surface area contributed by atoms with Gasteiger partial charge in [-0.15, -0.1) is 0 Å². The van der Waals surface area contributed by atoms with Gasteiger partial charge in [-0.05, 0) is 31.5 Å². The number of ether oxygens (including phenoxy) is 2. The number of amides is 3. The minimum Gasteiger partial charge on any atom is -0.383 e. The first-order chi connectivity index (χ1) is 14.4. The molecule has 0 aromatic heterocycles. The van der Waals surface area contributed by atoms with Crippen LogP contribution in [0.4, 0.5) is 5.69 Å². The van der Waals surface area contributed by atoms with Crippen molar-refractivity contribution in [2.45, 2.75) is 25.8 Å². The molecule has 0 bridgehead atoms. The molecule has 164 valence electrons. The molecule has 0 saturated carbocycles. The van der Waals surface area contributed by atoms with Gasteiger partial charge in [-0.3, -0.25) is 19.3 Å². The van der Waals surface area contributed by atoms with E-state index in [2.05, 4.69) is 5.32 Å². The summed E-state index contributed by atoms with van der Waals surface area (Å²) in [6.45, 7) is 4.16. The van der Waals surface area contributed by atoms with Crippen LogP contribution in [-0.2, 0) is 19.1 Å². The van der Waals surface area contributed by atoms with E-state index in [9.17, 15) is 19.2 Å². The van der Waals surface area contributed by atoms with Crippen molar-refractivity contribution in [3.63, 3.8) is 0 Å². The molecule has 2 rings (SSSR count). The number of nitrogens with two attached hydrogens (primary N) is 2. The van der Waals surface area contributed by atoms with Gasteiger partial charge >= 0.3 is 0 Å². The van der Waals surface area contributed by atoms with Gasteiger partial charge in [0.05, 0.1) is 37.6 Å². The highest BCUT2D eigenvalue weighted by molar-refractivity contribution is 6.23. The molecular formula is C20H28N4O6. The lowest BCUT2D eigenvalue weighted by molar-refractivity contribution is -0.122. The van der Waals surface area contributed by atoms with Gasteiger partial charge < -0.3 is 31.1 Å². The van der Waals surface area contributed by atoms with Crippen LogP contribution in [0.2, 0.25) is 0 Å². The first kappa shape index (κ1) is 23.5. The van der Waals surface area contributed by atoms with Crippen LogP contribution in [0, 0.1) is 0 Å². The maximum absolute atomic E-state index is 12.8. The predicted octanol–water partition coefficient (Wildman–Crippen LogP) is -0.0905. The van der Waals surface area contributed by atoms with E-state index >= 15 is 0 Å². The van der Waals surface area contributed by atoms with Crippen LogP contribution < -0.4 is 16.8 Å². The molecule has 1 atom stereocenters. The van der Waals surface area contributed by atoms with E-state index in [1.807, 2.05) is 0 Å². The standard InChI is InChI=1S/C20H28N4O6/c1-13(25)2-5-17(18(22)26)24-19(27)15-4-3-14(12-16(15)20(24)28)23-7-9-30-11-10-29-8-6-21/h3-4,12,17,23H,2,5-11,21H2,1H3,(H2,22,26). The number of hydrogen-bond acceptors (Lipinski definition) is 8. The summed E-state index contributed by atoms with van der Waals surface area (Å²) in [5, 5.41) is 3.11. The molecule has 30 heavy (non-hydrogen) atoms. The molecule has 1 aromatic rings. The minimum absolute atomic E-state index is 0.00752. The highest BCUT2D eigenvalue weighted by Crippen LogP contribution is 2.28. The van der Waals surface area contributed by atoms with Gasteiger partial charge in [0.2, 0.25) is 5.91 Å². The fraction of sp³-hybridized carbons (Fsp3) is 0.500. The molecule has 0 radical (unpaired) electrons. The van der Waals surface area contributed by atoms with Crippen molar-refractivity contribution in [1.82, 2.24) is 4.90 Å². The number of benzene rings is 1. The van der Waals surface area contributed by atoms with Crippen molar-refractivity contribution >= 4 is 29.2 Å². The Hall–Kier alpha value is -2.82. The molecule has 1 unspecified atom stereocenters. The zero-order valence-corrected chi connectivity index (χ0v) is 17.0. The molecule has 5 N–H and O–H groups in total. The Morgan fingerprint density at radius 3 is 2.37 bits per heavy atom. The van der Waals surface area contributed by atoms with E-state index in [4.69, 9.17) is 20.9 Å². The SMILES string of the molecule is CC(=O)CCC(C(N)=O)N1C(=O)c2ccc(NCCOCCOCCN)cc2C1=O. The third kappa shape index (κ3) is 6.09. The smallest absolute Gasteiger partial charge is 0.262 e. The van der Waals surface area contributed by atoms with Crippen molar-refractivity contribution in [3.05, 3.63) is 29.3 Å². The average Bonchev–Trinajstić information content (AvgIpc) is 2.94. The van der Waals surface area contributed by atoms with Gasteiger partial charge in [0.15, 0.2) is 0 Å². The highest BCUT2D eigenvalue weighted by Gasteiger charge is 2.42. The van der Waals surface area contributed by atoms with Crippen molar-refractivity contribution in [2.75, 3.05) is 44.8 Å². The number of primary amides is 1. The van der Waals surface area contributed by atoms with E-state index < -0.39 is 23.8 Å². The van der Waals surface area contributed by atoms with Gasteiger partial charge in [0.25, 0.3) is 11.8 Å². The molecule has 10 nitrogen and oxygen atoms in total. The van der Waals surface area contributed by atoms with E-state index in [1.54, 1.807) is 12.1 Å². The average molecular weight is 420 g/mol. The maximum Gasteiger partial charge on any atom is 0.262 e. The van der Waals surface area contributed by atoms with Crippen LogP contribution in [0.3, 0.4) is 0 Å². The Labute approximate surface area is 174 Å². The van der Waals surface area contributed by atoms with Gasteiger partial charge in [-0.1, -0.05) is 0 Å². The topological polar surface area (TPSA) is 154 Å². The Morgan fingerprint density at radius 2 is 1.73 bits per heavy atom. The summed E-state index contributed by atoms with van der Waals surface area (Å²) in [7, 11) is 0. The third-order valence-electron chi connectivity index (χ3n) is 4.54. The lowest BCUT2D eigenvalue weighted by Crippen LogP contribution is -2.48. The number of anilines is 1. The maximum atomic E-state index is 12.8. The Morgan fingerprint density at radius 1 is 1.07 bits per heavy atom. The summed E-state index contributed by atoms with van der Waals surface area (Å²) in [6.07, 6.45) is 0.0542. The Kier molecular flexibility index (Phi) is 8.90. The Balaban J connectivity index is 1.96. The number of fused-ring (bicyclic) bond motifs is 1. The van der Waals surface area contributed by atoms with E-state index in [-0.39, 0.29) is 29.8 Å². The fourth-order valence-electron chi connectivity index (χ4n) is 3.06. The lowest BCUT2D eigenvalue weighted by atomic mass is 10.1.